The highest BCUT2D eigenvalue weighted by Crippen LogP contribution is 2.37. The highest BCUT2D eigenvalue weighted by Gasteiger charge is 2.39. The van der Waals surface area contributed by atoms with Crippen LogP contribution < -0.4 is 9.47 Å². The summed E-state index contributed by atoms with van der Waals surface area (Å²) in [6.07, 6.45) is -8.09. The minimum absolute atomic E-state index is 0.183. The zero-order valence-corrected chi connectivity index (χ0v) is 20.6. The van der Waals surface area contributed by atoms with Crippen molar-refractivity contribution in [3.05, 3.63) is 130 Å². The van der Waals surface area contributed by atoms with Crippen molar-refractivity contribution in [2.45, 2.75) is 25.1 Å². The van der Waals surface area contributed by atoms with Gasteiger partial charge in [-0.2, -0.15) is 28.1 Å². The second-order valence-electron chi connectivity index (χ2n) is 8.71. The molecule has 0 aliphatic heterocycles. The highest BCUT2D eigenvalue weighted by atomic mass is 19.3. The molecule has 4 aromatic carbocycles. The molecule has 4 rings (SSSR count). The largest absolute Gasteiger partial charge is 0.429 e. The molecule has 10 heteroatoms. The Morgan fingerprint density at radius 2 is 0.950 bits per heavy atom. The molecule has 0 bridgehead atoms. The van der Waals surface area contributed by atoms with Crippen LogP contribution in [-0.4, -0.2) is 0 Å². The van der Waals surface area contributed by atoms with E-state index in [1.807, 2.05) is 12.1 Å². The van der Waals surface area contributed by atoms with Gasteiger partial charge in [-0.1, -0.05) is 19.1 Å². The predicted molar refractivity (Wildman–Crippen MR) is 132 cm³/mol. The van der Waals surface area contributed by atoms with Gasteiger partial charge in [0, 0.05) is 5.92 Å². The summed E-state index contributed by atoms with van der Waals surface area (Å²) in [5, 5.41) is 17.6. The first-order valence-corrected chi connectivity index (χ1v) is 11.7. The fourth-order valence-electron chi connectivity index (χ4n) is 3.87. The van der Waals surface area contributed by atoms with E-state index in [-0.39, 0.29) is 33.8 Å². The molecular weight excluding hydrogens is 534 g/mol. The van der Waals surface area contributed by atoms with Crippen molar-refractivity contribution in [2.24, 2.45) is 0 Å². The molecule has 0 N–H and O–H groups in total. The molecule has 0 saturated carbocycles. The van der Waals surface area contributed by atoms with Crippen LogP contribution >= 0.6 is 0 Å². The van der Waals surface area contributed by atoms with Gasteiger partial charge in [-0.25, -0.2) is 8.78 Å². The molecule has 0 unspecified atom stereocenters. The topological polar surface area (TPSA) is 66.0 Å². The van der Waals surface area contributed by atoms with Gasteiger partial charge in [0.05, 0.1) is 34.4 Å². The van der Waals surface area contributed by atoms with Gasteiger partial charge in [-0.3, -0.25) is 0 Å². The van der Waals surface area contributed by atoms with Gasteiger partial charge in [0.2, 0.25) is 0 Å². The van der Waals surface area contributed by atoms with Gasteiger partial charge >= 0.3 is 12.2 Å². The van der Waals surface area contributed by atoms with Crippen LogP contribution in [-0.2, 0) is 12.2 Å². The molecule has 0 radical (unpaired) electrons. The summed E-state index contributed by atoms with van der Waals surface area (Å²) in [5.41, 5.74) is -1.27. The van der Waals surface area contributed by atoms with Gasteiger partial charge in [0.1, 0.15) is 23.1 Å². The molecule has 0 fully saturated rings. The van der Waals surface area contributed by atoms with Crippen LogP contribution in [0.15, 0.2) is 84.9 Å². The van der Waals surface area contributed by atoms with E-state index in [2.05, 4.69) is 9.47 Å². The Hall–Kier alpha value is -4.96. The quantitative estimate of drug-likeness (QED) is 0.207. The highest BCUT2D eigenvalue weighted by molar-refractivity contribution is 5.39. The number of halogens is 6. The number of benzene rings is 4. The summed E-state index contributed by atoms with van der Waals surface area (Å²) in [5.74, 6) is -3.90. The zero-order valence-electron chi connectivity index (χ0n) is 20.6. The summed E-state index contributed by atoms with van der Waals surface area (Å²) in [6, 6.07) is 19.1. The Bertz CT molecular complexity index is 1490. The lowest BCUT2D eigenvalue weighted by Gasteiger charge is -2.21. The Labute approximate surface area is 225 Å². The third kappa shape index (κ3) is 6.02. The Morgan fingerprint density at radius 1 is 0.600 bits per heavy atom. The van der Waals surface area contributed by atoms with Crippen molar-refractivity contribution < 1.29 is 35.8 Å². The first-order valence-electron chi connectivity index (χ1n) is 11.7. The van der Waals surface area contributed by atoms with Crippen molar-refractivity contribution in [3.63, 3.8) is 0 Å². The Kier molecular flexibility index (Phi) is 7.74. The van der Waals surface area contributed by atoms with E-state index >= 15 is 0 Å². The van der Waals surface area contributed by atoms with Crippen molar-refractivity contribution in [3.8, 4) is 23.6 Å². The molecule has 40 heavy (non-hydrogen) atoms. The molecule has 4 aromatic rings. The zero-order chi connectivity index (χ0) is 29.1. The molecule has 0 aromatic heterocycles. The molecule has 0 aliphatic rings. The Morgan fingerprint density at radius 3 is 1.25 bits per heavy atom. The number of rotatable bonds is 8. The van der Waals surface area contributed by atoms with Crippen LogP contribution in [0.4, 0.5) is 26.3 Å². The first-order chi connectivity index (χ1) is 18.9. The van der Waals surface area contributed by atoms with Crippen LogP contribution in [0.2, 0.25) is 0 Å². The lowest BCUT2D eigenvalue weighted by molar-refractivity contribution is -0.188. The van der Waals surface area contributed by atoms with Crippen LogP contribution in [0.1, 0.15) is 46.2 Å². The number of ether oxygens (including phenoxy) is 2. The third-order valence-electron chi connectivity index (χ3n) is 6.07. The second kappa shape index (κ2) is 11.0. The van der Waals surface area contributed by atoms with Crippen molar-refractivity contribution >= 4 is 0 Å². The maximum atomic E-state index is 14.8. The number of nitriles is 2. The van der Waals surface area contributed by atoms with E-state index < -0.39 is 40.9 Å². The normalized spacial score (nSPS) is 11.6. The van der Waals surface area contributed by atoms with Crippen LogP contribution in [0.5, 0.6) is 11.5 Å². The third-order valence-corrected chi connectivity index (χ3v) is 6.07. The fraction of sp³-hybridized carbons (Fsp3) is 0.133. The minimum Gasteiger partial charge on any atom is -0.429 e. The van der Waals surface area contributed by atoms with Gasteiger partial charge in [0.15, 0.2) is 0 Å². The van der Waals surface area contributed by atoms with Gasteiger partial charge in [-0.15, -0.1) is 0 Å². The molecule has 0 amide bonds. The molecule has 4 nitrogen and oxygen atoms in total. The van der Waals surface area contributed by atoms with Gasteiger partial charge in [0.25, 0.3) is 0 Å². The van der Waals surface area contributed by atoms with E-state index in [4.69, 9.17) is 10.5 Å². The lowest BCUT2D eigenvalue weighted by atomic mass is 9.91. The molecule has 0 atom stereocenters. The van der Waals surface area contributed by atoms with E-state index in [0.29, 0.717) is 0 Å². The smallest absolute Gasteiger partial charge is 0.429 e. The average molecular weight is 552 g/mol. The summed E-state index contributed by atoms with van der Waals surface area (Å²) in [7, 11) is 0. The average Bonchev–Trinajstić information content (AvgIpc) is 2.92. The van der Waals surface area contributed by atoms with Crippen LogP contribution in [0.3, 0.4) is 0 Å². The van der Waals surface area contributed by atoms with Crippen molar-refractivity contribution in [1.29, 1.82) is 10.5 Å². The molecule has 0 aliphatic carbocycles. The minimum atomic E-state index is -4.05. The molecule has 0 saturated heterocycles. The summed E-state index contributed by atoms with van der Waals surface area (Å²) >= 11 is 0. The van der Waals surface area contributed by atoms with Gasteiger partial charge in [-0.05, 0) is 83.9 Å². The number of hydrogen-bond donors (Lipinski definition) is 0. The number of alkyl halides is 4. The van der Waals surface area contributed by atoms with Gasteiger partial charge < -0.3 is 9.47 Å². The maximum Gasteiger partial charge on any atom is 0.429 e. The van der Waals surface area contributed by atoms with E-state index in [9.17, 15) is 26.3 Å². The first kappa shape index (κ1) is 28.1. The monoisotopic (exact) mass is 552 g/mol. The summed E-state index contributed by atoms with van der Waals surface area (Å²) in [4.78, 5) is 0. The lowest BCUT2D eigenvalue weighted by Crippen LogP contribution is -2.24. The predicted octanol–water partition coefficient (Wildman–Crippen LogP) is 8.12. The van der Waals surface area contributed by atoms with Crippen molar-refractivity contribution in [2.75, 3.05) is 0 Å². The fourth-order valence-corrected chi connectivity index (χ4v) is 3.87. The Balaban J connectivity index is 1.52. The number of hydrogen-bond acceptors (Lipinski definition) is 4. The van der Waals surface area contributed by atoms with Crippen molar-refractivity contribution in [1.82, 2.24) is 0 Å². The van der Waals surface area contributed by atoms with Crippen LogP contribution in [0.25, 0.3) is 0 Å². The second-order valence-corrected chi connectivity index (χ2v) is 8.71. The SMILES string of the molecule is CC(c1ccc(C(F)(F)Oc2ccc(C#N)cc2)c(F)c1)c1ccc(C(F)(F)Oc2ccc(C#N)cc2)c(F)c1. The molecular formula is C30H18F6N2O2. The molecule has 202 valence electrons. The van der Waals surface area contributed by atoms with E-state index in [1.165, 1.54) is 43.3 Å². The number of nitrogens with zero attached hydrogens (tertiary/aromatic N) is 2. The van der Waals surface area contributed by atoms with Crippen LogP contribution in [0, 0.1) is 34.3 Å². The summed E-state index contributed by atoms with van der Waals surface area (Å²) < 4.78 is 97.5. The molecule has 0 heterocycles. The standard InChI is InChI=1S/C30H18F6N2O2/c1-18(21-6-12-25(27(31)14-21)29(33,34)39-23-8-2-19(16-37)3-9-23)22-7-13-26(28(32)15-22)30(35,36)40-24-10-4-20(17-38)5-11-24/h2-15,18H,1H3. The summed E-state index contributed by atoms with van der Waals surface area (Å²) in [6.45, 7) is 1.53. The van der Waals surface area contributed by atoms with E-state index in [0.717, 1.165) is 48.5 Å². The maximum absolute atomic E-state index is 14.8. The van der Waals surface area contributed by atoms with E-state index in [1.54, 1.807) is 0 Å². The molecule has 0 spiro atoms.